The van der Waals surface area contributed by atoms with Gasteiger partial charge in [0.25, 0.3) is 0 Å². The van der Waals surface area contributed by atoms with E-state index in [0.29, 0.717) is 13.2 Å². The predicted molar refractivity (Wildman–Crippen MR) is 61.7 cm³/mol. The Morgan fingerprint density at radius 1 is 1.43 bits per heavy atom. The van der Waals surface area contributed by atoms with Crippen LogP contribution in [0.3, 0.4) is 0 Å². The van der Waals surface area contributed by atoms with Crippen LogP contribution in [0.15, 0.2) is 29.2 Å². The Morgan fingerprint density at radius 2 is 2.07 bits per heavy atom. The fourth-order valence-electron chi connectivity index (χ4n) is 0.696. The van der Waals surface area contributed by atoms with Crippen molar-refractivity contribution in [3.8, 4) is 0 Å². The van der Waals surface area contributed by atoms with Crippen LogP contribution >= 0.6 is 12.6 Å². The first-order valence-electron chi connectivity index (χ1n) is 4.44. The van der Waals surface area contributed by atoms with Gasteiger partial charge in [0, 0.05) is 17.2 Å². The number of ether oxygens (including phenoxy) is 1. The second-order valence-corrected chi connectivity index (χ2v) is 2.96. The highest BCUT2D eigenvalue weighted by Gasteiger charge is 1.85. The van der Waals surface area contributed by atoms with Crippen molar-refractivity contribution in [2.24, 2.45) is 0 Å². The summed E-state index contributed by atoms with van der Waals surface area (Å²) >= 11 is 4.07. The molecule has 0 saturated carbocycles. The van der Waals surface area contributed by atoms with Gasteiger partial charge in [-0.15, -0.1) is 12.6 Å². The Hall–Kier alpha value is -0.710. The van der Waals surface area contributed by atoms with Crippen molar-refractivity contribution in [1.82, 2.24) is 0 Å². The number of nitrogens with two attached hydrogens (primary N) is 1. The lowest BCUT2D eigenvalue weighted by atomic mass is 10.3. The van der Waals surface area contributed by atoms with E-state index in [1.807, 2.05) is 31.2 Å². The number of para-hydroxylation sites is 1. The van der Waals surface area contributed by atoms with Crippen LogP contribution < -0.4 is 5.73 Å². The van der Waals surface area contributed by atoms with Crippen LogP contribution in [0.4, 0.5) is 5.69 Å². The zero-order chi connectivity index (χ0) is 10.8. The zero-order valence-corrected chi connectivity index (χ0v) is 9.21. The monoisotopic (exact) mass is 215 g/mol. The van der Waals surface area contributed by atoms with Gasteiger partial charge in [-0.1, -0.05) is 12.1 Å². The molecule has 0 aliphatic heterocycles. The maximum atomic E-state index is 8.07. The molecule has 1 rings (SSSR count). The molecule has 0 unspecified atom stereocenters. The third-order valence-corrected chi connectivity index (χ3v) is 1.78. The van der Waals surface area contributed by atoms with E-state index in [1.54, 1.807) is 0 Å². The summed E-state index contributed by atoms with van der Waals surface area (Å²) in [5.74, 6) is 0. The molecule has 0 aromatic heterocycles. The van der Waals surface area contributed by atoms with Crippen molar-refractivity contribution in [2.45, 2.75) is 11.8 Å². The topological polar surface area (TPSA) is 55.5 Å². The summed E-state index contributed by atoms with van der Waals surface area (Å²) in [6.45, 7) is 3.20. The number of hydrogen-bond donors (Lipinski definition) is 3. The Bertz CT molecular complexity index is 218. The quantitative estimate of drug-likeness (QED) is 0.407. The Morgan fingerprint density at radius 3 is 2.36 bits per heavy atom. The molecule has 0 atom stereocenters. The number of hydrogen-bond acceptors (Lipinski definition) is 4. The maximum absolute atomic E-state index is 8.07. The Labute approximate surface area is 90.3 Å². The van der Waals surface area contributed by atoms with E-state index in [9.17, 15) is 0 Å². The lowest BCUT2D eigenvalue weighted by Gasteiger charge is -1.92. The van der Waals surface area contributed by atoms with Crippen LogP contribution in [0, 0.1) is 0 Å². The number of nitrogen functional groups attached to an aromatic ring is 1. The molecule has 0 heterocycles. The molecule has 1 aromatic rings. The normalized spacial score (nSPS) is 9.07. The van der Waals surface area contributed by atoms with Crippen molar-refractivity contribution in [3.63, 3.8) is 0 Å². The first-order chi connectivity index (χ1) is 6.72. The van der Waals surface area contributed by atoms with Gasteiger partial charge >= 0.3 is 0 Å². The Kier molecular flexibility index (Phi) is 8.42. The number of aliphatic hydroxyl groups is 1. The highest BCUT2D eigenvalue weighted by molar-refractivity contribution is 7.80. The first-order valence-corrected chi connectivity index (χ1v) is 4.89. The highest BCUT2D eigenvalue weighted by atomic mass is 32.1. The highest BCUT2D eigenvalue weighted by Crippen LogP contribution is 2.13. The molecule has 0 aliphatic carbocycles. The van der Waals surface area contributed by atoms with Crippen molar-refractivity contribution in [3.05, 3.63) is 24.3 Å². The van der Waals surface area contributed by atoms with Crippen LogP contribution in [-0.4, -0.2) is 24.9 Å². The van der Waals surface area contributed by atoms with Gasteiger partial charge in [0.15, 0.2) is 0 Å². The molecular formula is C10H17NO2S. The van der Waals surface area contributed by atoms with E-state index in [-0.39, 0.29) is 6.61 Å². The molecule has 0 bridgehead atoms. The summed E-state index contributed by atoms with van der Waals surface area (Å²) < 4.78 is 4.73. The Balaban J connectivity index is 0.000000255. The van der Waals surface area contributed by atoms with E-state index in [1.165, 1.54) is 0 Å². The average molecular weight is 215 g/mol. The second kappa shape index (κ2) is 8.87. The lowest BCUT2D eigenvalue weighted by molar-refractivity contribution is 0.102. The van der Waals surface area contributed by atoms with Gasteiger partial charge in [0.1, 0.15) is 0 Å². The van der Waals surface area contributed by atoms with E-state index < -0.39 is 0 Å². The summed E-state index contributed by atoms with van der Waals surface area (Å²) in [5.41, 5.74) is 6.18. The fraction of sp³-hybridized carbons (Fsp3) is 0.400. The number of benzene rings is 1. The molecule has 0 saturated heterocycles. The first kappa shape index (κ1) is 13.3. The predicted octanol–water partition coefficient (Wildman–Crippen LogP) is 1.57. The molecule has 0 radical (unpaired) electrons. The van der Waals surface area contributed by atoms with Gasteiger partial charge in [-0.05, 0) is 19.1 Å². The van der Waals surface area contributed by atoms with Crippen LogP contribution in [0.2, 0.25) is 0 Å². The summed E-state index contributed by atoms with van der Waals surface area (Å²) in [6, 6.07) is 7.47. The maximum Gasteiger partial charge on any atom is 0.0697 e. The lowest BCUT2D eigenvalue weighted by Crippen LogP contribution is -1.96. The summed E-state index contributed by atoms with van der Waals surface area (Å²) in [5, 5.41) is 8.07. The van der Waals surface area contributed by atoms with Gasteiger partial charge in [-0.3, -0.25) is 0 Å². The van der Waals surface area contributed by atoms with Gasteiger partial charge in [0.05, 0.1) is 13.2 Å². The van der Waals surface area contributed by atoms with Crippen LogP contribution in [0.1, 0.15) is 6.92 Å². The SMILES string of the molecule is CCOCCO.Nc1ccccc1S. The molecule has 0 fully saturated rings. The zero-order valence-electron chi connectivity index (χ0n) is 8.31. The molecule has 0 spiro atoms. The number of aliphatic hydroxyl groups excluding tert-OH is 1. The molecular weight excluding hydrogens is 198 g/mol. The fourth-order valence-corrected chi connectivity index (χ4v) is 0.857. The van der Waals surface area contributed by atoms with Crippen molar-refractivity contribution >= 4 is 18.3 Å². The number of rotatable bonds is 3. The summed E-state index contributed by atoms with van der Waals surface area (Å²) in [4.78, 5) is 0.840. The minimum Gasteiger partial charge on any atom is -0.398 e. The van der Waals surface area contributed by atoms with Gasteiger partial charge < -0.3 is 15.6 Å². The van der Waals surface area contributed by atoms with E-state index in [0.717, 1.165) is 10.6 Å². The average Bonchev–Trinajstić information content (AvgIpc) is 2.20. The van der Waals surface area contributed by atoms with Gasteiger partial charge in [-0.25, -0.2) is 0 Å². The molecule has 4 heteroatoms. The van der Waals surface area contributed by atoms with Crippen LogP contribution in [0.5, 0.6) is 0 Å². The van der Waals surface area contributed by atoms with Crippen molar-refractivity contribution in [2.75, 3.05) is 25.6 Å². The minimum absolute atomic E-state index is 0.133. The van der Waals surface area contributed by atoms with Gasteiger partial charge in [0.2, 0.25) is 0 Å². The standard InChI is InChI=1S/C6H7NS.C4H10O2/c7-5-3-1-2-4-6(5)8;1-2-6-4-3-5/h1-4,8H,7H2;5H,2-4H2,1H3. The molecule has 14 heavy (non-hydrogen) atoms. The largest absolute Gasteiger partial charge is 0.398 e. The molecule has 80 valence electrons. The molecule has 0 aliphatic rings. The van der Waals surface area contributed by atoms with E-state index in [2.05, 4.69) is 12.6 Å². The molecule has 3 nitrogen and oxygen atoms in total. The van der Waals surface area contributed by atoms with Crippen molar-refractivity contribution < 1.29 is 9.84 Å². The molecule has 3 N–H and O–H groups in total. The minimum atomic E-state index is 0.133. The van der Waals surface area contributed by atoms with Crippen molar-refractivity contribution in [1.29, 1.82) is 0 Å². The number of anilines is 1. The third kappa shape index (κ3) is 6.77. The third-order valence-electron chi connectivity index (χ3n) is 1.38. The van der Waals surface area contributed by atoms with Crippen LogP contribution in [0.25, 0.3) is 0 Å². The van der Waals surface area contributed by atoms with E-state index >= 15 is 0 Å². The number of thiol groups is 1. The van der Waals surface area contributed by atoms with Crippen LogP contribution in [-0.2, 0) is 4.74 Å². The summed E-state index contributed by atoms with van der Waals surface area (Å²) in [7, 11) is 0. The molecule has 1 aromatic carbocycles. The summed E-state index contributed by atoms with van der Waals surface area (Å²) in [6.07, 6.45) is 0. The molecule has 0 amide bonds. The smallest absolute Gasteiger partial charge is 0.0697 e. The second-order valence-electron chi connectivity index (χ2n) is 2.48. The van der Waals surface area contributed by atoms with E-state index in [4.69, 9.17) is 15.6 Å². The van der Waals surface area contributed by atoms with Gasteiger partial charge in [-0.2, -0.15) is 0 Å².